The molecule has 0 saturated heterocycles. The molecule has 0 heterocycles. The summed E-state index contributed by atoms with van der Waals surface area (Å²) < 4.78 is 10.0. The summed E-state index contributed by atoms with van der Waals surface area (Å²) in [7, 11) is 0. The van der Waals surface area contributed by atoms with Gasteiger partial charge in [0.05, 0.1) is 24.2 Å². The van der Waals surface area contributed by atoms with Crippen LogP contribution in [-0.4, -0.2) is 63.4 Å². The van der Waals surface area contributed by atoms with Gasteiger partial charge in [-0.15, -0.1) is 0 Å². The normalized spacial score (nSPS) is 42.1. The minimum absolute atomic E-state index is 0.0385. The Morgan fingerprint density at radius 3 is 2.17 bits per heavy atom. The van der Waals surface area contributed by atoms with Crippen LogP contribution in [0.2, 0.25) is 0 Å². The average Bonchev–Trinajstić information content (AvgIpc) is 3.25. The Morgan fingerprint density at radius 2 is 1.52 bits per heavy atom. The van der Waals surface area contributed by atoms with Crippen LogP contribution in [-0.2, 0) is 23.9 Å². The molecule has 0 aromatic heterocycles. The number of carboxylic acid groups (broad SMARTS) is 1. The fourth-order valence-corrected chi connectivity index (χ4v) is 9.44. The molecule has 0 radical (unpaired) electrons. The highest BCUT2D eigenvalue weighted by Gasteiger charge is 2.65. The van der Waals surface area contributed by atoms with Crippen LogP contribution >= 0.6 is 0 Å². The number of carbonyl (C=O) groups excluding carboxylic acids is 2. The quantitative estimate of drug-likeness (QED) is 0.228. The molecule has 4 aliphatic carbocycles. The number of fused-ring (bicyclic) bond motifs is 5. The van der Waals surface area contributed by atoms with Crippen LogP contribution in [0.5, 0.6) is 0 Å². The molecule has 0 amide bonds. The lowest BCUT2D eigenvalue weighted by Crippen LogP contribution is -2.62. The van der Waals surface area contributed by atoms with E-state index >= 15 is 0 Å². The van der Waals surface area contributed by atoms with E-state index in [1.807, 2.05) is 0 Å². The van der Waals surface area contributed by atoms with Crippen LogP contribution in [0, 0.1) is 52.3 Å². The summed E-state index contributed by atoms with van der Waals surface area (Å²) in [5, 5.41) is 42.3. The van der Waals surface area contributed by atoms with Crippen molar-refractivity contribution < 1.29 is 44.3 Å². The van der Waals surface area contributed by atoms with Gasteiger partial charge in [0.15, 0.2) is 0 Å². The molecule has 0 aliphatic heterocycles. The fraction of sp³-hybridized carbons (Fsp3) is 0.903. The van der Waals surface area contributed by atoms with E-state index in [0.29, 0.717) is 18.8 Å². The molecule has 0 bridgehead atoms. The molecule has 5 unspecified atom stereocenters. The second-order valence-electron chi connectivity index (χ2n) is 14.0. The number of ether oxygens (including phenoxy) is 2. The van der Waals surface area contributed by atoms with Gasteiger partial charge in [-0.1, -0.05) is 27.7 Å². The minimum atomic E-state index is -0.973. The van der Waals surface area contributed by atoms with Crippen LogP contribution < -0.4 is 0 Å². The van der Waals surface area contributed by atoms with Crippen molar-refractivity contribution in [3.63, 3.8) is 0 Å². The van der Waals surface area contributed by atoms with E-state index in [1.54, 1.807) is 0 Å². The van der Waals surface area contributed by atoms with E-state index in [9.17, 15) is 29.7 Å². The summed E-state index contributed by atoms with van der Waals surface area (Å²) >= 11 is 0. The number of hydrogen-bond acceptors (Lipinski definition) is 8. The highest BCUT2D eigenvalue weighted by atomic mass is 16.7. The average molecular weight is 567 g/mol. The second-order valence-corrected chi connectivity index (χ2v) is 14.0. The number of rotatable bonds is 10. The number of aliphatic hydroxyl groups is 3. The largest absolute Gasteiger partial charge is 0.481 e. The lowest BCUT2D eigenvalue weighted by Gasteiger charge is -2.63. The Balaban J connectivity index is 1.30. The van der Waals surface area contributed by atoms with Gasteiger partial charge in [-0.3, -0.25) is 14.4 Å². The summed E-state index contributed by atoms with van der Waals surface area (Å²) in [5.41, 5.74) is -0.289. The third-order valence-electron chi connectivity index (χ3n) is 12.0. The lowest BCUT2D eigenvalue weighted by atomic mass is 9.43. The molecule has 9 nitrogen and oxygen atoms in total. The van der Waals surface area contributed by atoms with Gasteiger partial charge < -0.3 is 29.9 Å². The maximum absolute atomic E-state index is 12.4. The Bertz CT molecular complexity index is 938. The fourth-order valence-electron chi connectivity index (χ4n) is 9.44. The highest BCUT2D eigenvalue weighted by Crippen LogP contribution is 2.68. The first kappa shape index (κ1) is 31.2. The molecule has 228 valence electrons. The molecule has 4 N–H and O–H groups in total. The number of hydrogen-bond donors (Lipinski definition) is 4. The van der Waals surface area contributed by atoms with Crippen LogP contribution in [0.15, 0.2) is 0 Å². The zero-order valence-corrected chi connectivity index (χ0v) is 24.6. The first-order valence-electron chi connectivity index (χ1n) is 15.4. The standard InChI is InChI=1S/C31H50O9/c1-17(5-9-26(35)39-16-40-27(36)10-6-18(2)29(37)38)21-7-8-22-28-23(15-25(34)31(21,22)4)30(3)12-11-20(32)13-19(30)14-24(28)33/h17-25,28,32-34H,5-16H2,1-4H3,(H,37,38)/t17-,18?,19+,20-,21?,22?,23?,24-,25+,28?,30+,31-/m1/s1. The van der Waals surface area contributed by atoms with E-state index in [-0.39, 0.29) is 65.8 Å². The zero-order valence-electron chi connectivity index (χ0n) is 24.6. The zero-order chi connectivity index (χ0) is 29.4. The summed E-state index contributed by atoms with van der Waals surface area (Å²) in [5.74, 6) is -1.36. The van der Waals surface area contributed by atoms with Gasteiger partial charge in [0.1, 0.15) is 0 Å². The Labute approximate surface area is 238 Å². The first-order valence-corrected chi connectivity index (χ1v) is 15.4. The van der Waals surface area contributed by atoms with Crippen molar-refractivity contribution in [1.82, 2.24) is 0 Å². The third kappa shape index (κ3) is 5.93. The number of carboxylic acids is 1. The van der Waals surface area contributed by atoms with Crippen LogP contribution in [0.1, 0.15) is 98.3 Å². The molecule has 4 fully saturated rings. The SMILES string of the molecule is CC(CCC(=O)OCOC(=O)CC[C@@H](C)C1CCC2C3C(C[C@H](O)[C@@]21C)[C@@]1(C)CC[C@@H](O)C[C@H]1C[C@H]3O)C(=O)O. The van der Waals surface area contributed by atoms with Gasteiger partial charge in [0.2, 0.25) is 6.79 Å². The predicted molar refractivity (Wildman–Crippen MR) is 145 cm³/mol. The summed E-state index contributed by atoms with van der Waals surface area (Å²) in [6.45, 7) is 7.70. The van der Waals surface area contributed by atoms with E-state index in [0.717, 1.165) is 38.5 Å². The molecule has 12 atom stereocenters. The highest BCUT2D eigenvalue weighted by molar-refractivity contribution is 5.73. The van der Waals surface area contributed by atoms with Gasteiger partial charge in [-0.2, -0.15) is 0 Å². The lowest BCUT2D eigenvalue weighted by molar-refractivity contribution is -0.207. The van der Waals surface area contributed by atoms with Crippen LogP contribution in [0.3, 0.4) is 0 Å². The van der Waals surface area contributed by atoms with Gasteiger partial charge in [-0.25, -0.2) is 0 Å². The molecular formula is C31H50O9. The molecule has 0 spiro atoms. The molecule has 4 rings (SSSR count). The summed E-state index contributed by atoms with van der Waals surface area (Å²) in [6, 6.07) is 0. The summed E-state index contributed by atoms with van der Waals surface area (Å²) in [4.78, 5) is 35.0. The van der Waals surface area contributed by atoms with E-state index in [1.165, 1.54) is 6.92 Å². The van der Waals surface area contributed by atoms with E-state index < -0.39 is 42.8 Å². The van der Waals surface area contributed by atoms with Crippen molar-refractivity contribution in [2.24, 2.45) is 52.3 Å². The van der Waals surface area contributed by atoms with Gasteiger partial charge >= 0.3 is 17.9 Å². The van der Waals surface area contributed by atoms with Crippen molar-refractivity contribution in [2.75, 3.05) is 6.79 Å². The summed E-state index contributed by atoms with van der Waals surface area (Å²) in [6.07, 6.45) is 5.52. The molecular weight excluding hydrogens is 516 g/mol. The van der Waals surface area contributed by atoms with Crippen molar-refractivity contribution in [1.29, 1.82) is 0 Å². The predicted octanol–water partition coefficient (Wildman–Crippen LogP) is 3.91. The molecule has 40 heavy (non-hydrogen) atoms. The minimum Gasteiger partial charge on any atom is -0.481 e. The van der Waals surface area contributed by atoms with Gasteiger partial charge in [0, 0.05) is 12.8 Å². The molecule has 0 aromatic rings. The molecule has 9 heteroatoms. The maximum Gasteiger partial charge on any atom is 0.308 e. The Hall–Kier alpha value is -1.71. The monoisotopic (exact) mass is 566 g/mol. The van der Waals surface area contributed by atoms with Crippen molar-refractivity contribution in [2.45, 2.75) is 117 Å². The number of esters is 2. The number of aliphatic hydroxyl groups excluding tert-OH is 3. The van der Waals surface area contributed by atoms with Gasteiger partial charge in [-0.05, 0) is 104 Å². The maximum atomic E-state index is 12.4. The smallest absolute Gasteiger partial charge is 0.308 e. The van der Waals surface area contributed by atoms with Crippen LogP contribution in [0.4, 0.5) is 0 Å². The Kier molecular flexibility index (Phi) is 9.57. The second kappa shape index (κ2) is 12.3. The van der Waals surface area contributed by atoms with E-state index in [2.05, 4.69) is 20.8 Å². The van der Waals surface area contributed by atoms with Crippen LogP contribution in [0.25, 0.3) is 0 Å². The van der Waals surface area contributed by atoms with Crippen molar-refractivity contribution in [3.05, 3.63) is 0 Å². The van der Waals surface area contributed by atoms with Crippen molar-refractivity contribution in [3.8, 4) is 0 Å². The Morgan fingerprint density at radius 1 is 0.875 bits per heavy atom. The molecule has 4 saturated carbocycles. The first-order chi connectivity index (χ1) is 18.8. The van der Waals surface area contributed by atoms with Gasteiger partial charge in [0.25, 0.3) is 0 Å². The molecule has 4 aliphatic rings. The van der Waals surface area contributed by atoms with E-state index in [4.69, 9.17) is 14.6 Å². The third-order valence-corrected chi connectivity index (χ3v) is 12.0. The number of aliphatic carboxylic acids is 1. The number of carbonyl (C=O) groups is 3. The van der Waals surface area contributed by atoms with Crippen molar-refractivity contribution >= 4 is 17.9 Å². The molecule has 0 aromatic carbocycles. The topological polar surface area (TPSA) is 151 Å².